The lowest BCUT2D eigenvalue weighted by Gasteiger charge is -2.32. The summed E-state index contributed by atoms with van der Waals surface area (Å²) in [4.78, 5) is 11.5. The maximum absolute atomic E-state index is 11.5. The topological polar surface area (TPSA) is 61.5 Å². The Morgan fingerprint density at radius 2 is 1.79 bits per heavy atom. The number of carbonyl (C=O) groups excluding carboxylic acids is 1. The molecule has 0 aliphatic carbocycles. The molecular formula is C19H32ClNO3. The molecule has 5 heteroatoms. The third-order valence-corrected chi connectivity index (χ3v) is 3.90. The maximum atomic E-state index is 11.5. The van der Waals surface area contributed by atoms with Crippen LogP contribution in [0.25, 0.3) is 0 Å². The second-order valence-electron chi connectivity index (χ2n) is 6.45. The zero-order chi connectivity index (χ0) is 17.2. The van der Waals surface area contributed by atoms with E-state index in [0.717, 1.165) is 12.8 Å². The molecular weight excluding hydrogens is 326 g/mol. The van der Waals surface area contributed by atoms with Crippen molar-refractivity contribution in [3.05, 3.63) is 35.9 Å². The molecule has 0 spiro atoms. The van der Waals surface area contributed by atoms with Crippen LogP contribution in [0, 0.1) is 11.8 Å². The van der Waals surface area contributed by atoms with Gasteiger partial charge < -0.3 is 15.2 Å². The van der Waals surface area contributed by atoms with E-state index in [1.54, 1.807) is 0 Å². The summed E-state index contributed by atoms with van der Waals surface area (Å²) >= 11 is 0. The predicted molar refractivity (Wildman–Crippen MR) is 100 cm³/mol. The molecule has 0 aliphatic heterocycles. The number of hydrogen-bond donors (Lipinski definition) is 1. The van der Waals surface area contributed by atoms with Gasteiger partial charge in [0.05, 0.1) is 12.6 Å². The molecule has 0 unspecified atom stereocenters. The fourth-order valence-corrected chi connectivity index (χ4v) is 2.69. The van der Waals surface area contributed by atoms with Gasteiger partial charge in [-0.25, -0.2) is 0 Å². The Morgan fingerprint density at radius 3 is 2.29 bits per heavy atom. The lowest BCUT2D eigenvalue weighted by atomic mass is 9.89. The van der Waals surface area contributed by atoms with E-state index in [9.17, 15) is 4.79 Å². The van der Waals surface area contributed by atoms with Crippen molar-refractivity contribution in [2.75, 3.05) is 13.2 Å². The van der Waals surface area contributed by atoms with Gasteiger partial charge in [0.1, 0.15) is 6.10 Å². The van der Waals surface area contributed by atoms with Crippen LogP contribution >= 0.6 is 12.4 Å². The molecule has 4 nitrogen and oxygen atoms in total. The van der Waals surface area contributed by atoms with Gasteiger partial charge >= 0.3 is 5.97 Å². The lowest BCUT2D eigenvalue weighted by Crippen LogP contribution is -2.40. The van der Waals surface area contributed by atoms with E-state index in [-0.39, 0.29) is 43.0 Å². The molecule has 2 N–H and O–H groups in total. The number of nitrogens with two attached hydrogens (primary N) is 1. The van der Waals surface area contributed by atoms with Gasteiger partial charge in [0.15, 0.2) is 0 Å². The molecule has 0 saturated carbocycles. The number of rotatable bonds is 10. The minimum Gasteiger partial charge on any atom is -0.459 e. The molecule has 0 heterocycles. The number of carbonyl (C=O) groups is 1. The van der Waals surface area contributed by atoms with Crippen LogP contribution in [0.1, 0.15) is 39.7 Å². The average Bonchev–Trinajstić information content (AvgIpc) is 2.54. The minimum atomic E-state index is -0.384. The summed E-state index contributed by atoms with van der Waals surface area (Å²) in [5.41, 5.74) is 6.63. The number of ether oxygens (including phenoxy) is 2. The summed E-state index contributed by atoms with van der Waals surface area (Å²) in [7, 11) is 0. The molecule has 0 bridgehead atoms. The molecule has 3 atom stereocenters. The first kappa shape index (κ1) is 22.9. The summed E-state index contributed by atoms with van der Waals surface area (Å²) in [6.07, 6.45) is 1.43. The predicted octanol–water partition coefficient (Wildman–Crippen LogP) is 3.61. The second kappa shape index (κ2) is 12.3. The van der Waals surface area contributed by atoms with Crippen LogP contribution < -0.4 is 5.73 Å². The molecule has 0 aliphatic rings. The third-order valence-electron chi connectivity index (χ3n) is 3.90. The SMILES string of the molecule is CC[C@H](Cc1ccccc1)[C@@H](OCC(C)C)[C@H](C)OC(=O)CN.Cl. The first-order chi connectivity index (χ1) is 11.0. The summed E-state index contributed by atoms with van der Waals surface area (Å²) in [6.45, 7) is 8.83. The maximum Gasteiger partial charge on any atom is 0.320 e. The van der Waals surface area contributed by atoms with Gasteiger partial charge in [-0.05, 0) is 30.7 Å². The van der Waals surface area contributed by atoms with Crippen molar-refractivity contribution in [1.29, 1.82) is 0 Å². The van der Waals surface area contributed by atoms with Gasteiger partial charge in [-0.15, -0.1) is 12.4 Å². The Balaban J connectivity index is 0.00000529. The van der Waals surface area contributed by atoms with Crippen molar-refractivity contribution >= 4 is 18.4 Å². The van der Waals surface area contributed by atoms with Crippen LogP contribution in [-0.2, 0) is 20.7 Å². The van der Waals surface area contributed by atoms with Crippen LogP contribution in [0.4, 0.5) is 0 Å². The highest BCUT2D eigenvalue weighted by Gasteiger charge is 2.29. The first-order valence-electron chi connectivity index (χ1n) is 8.52. The molecule has 0 fully saturated rings. The van der Waals surface area contributed by atoms with Crippen molar-refractivity contribution in [1.82, 2.24) is 0 Å². The van der Waals surface area contributed by atoms with Crippen molar-refractivity contribution in [2.24, 2.45) is 17.6 Å². The highest BCUT2D eigenvalue weighted by Crippen LogP contribution is 2.23. The molecule has 138 valence electrons. The highest BCUT2D eigenvalue weighted by molar-refractivity contribution is 5.85. The molecule has 0 aromatic heterocycles. The van der Waals surface area contributed by atoms with Crippen LogP contribution in [0.2, 0.25) is 0 Å². The normalized spacial score (nSPS) is 14.6. The molecule has 0 saturated heterocycles. The highest BCUT2D eigenvalue weighted by atomic mass is 35.5. The molecule has 24 heavy (non-hydrogen) atoms. The van der Waals surface area contributed by atoms with E-state index in [1.165, 1.54) is 5.56 Å². The van der Waals surface area contributed by atoms with E-state index in [4.69, 9.17) is 15.2 Å². The van der Waals surface area contributed by atoms with E-state index >= 15 is 0 Å². The number of benzene rings is 1. The van der Waals surface area contributed by atoms with Crippen LogP contribution in [0.15, 0.2) is 30.3 Å². The third kappa shape index (κ3) is 8.13. The fraction of sp³-hybridized carbons (Fsp3) is 0.632. The van der Waals surface area contributed by atoms with Crippen molar-refractivity contribution in [3.8, 4) is 0 Å². The van der Waals surface area contributed by atoms with Crippen LogP contribution in [-0.4, -0.2) is 31.3 Å². The van der Waals surface area contributed by atoms with Crippen LogP contribution in [0.5, 0.6) is 0 Å². The molecule has 1 rings (SSSR count). The zero-order valence-corrected chi connectivity index (χ0v) is 16.1. The van der Waals surface area contributed by atoms with Gasteiger partial charge in [0.25, 0.3) is 0 Å². The van der Waals surface area contributed by atoms with E-state index < -0.39 is 0 Å². The summed E-state index contributed by atoms with van der Waals surface area (Å²) in [5, 5.41) is 0. The molecule has 0 radical (unpaired) electrons. The van der Waals surface area contributed by atoms with E-state index in [0.29, 0.717) is 12.5 Å². The summed E-state index contributed by atoms with van der Waals surface area (Å²) < 4.78 is 11.5. The Bertz CT molecular complexity index is 453. The number of esters is 1. The number of hydrogen-bond acceptors (Lipinski definition) is 4. The quantitative estimate of drug-likeness (QED) is 0.650. The summed E-state index contributed by atoms with van der Waals surface area (Å²) in [6, 6.07) is 10.4. The van der Waals surface area contributed by atoms with Crippen molar-refractivity contribution < 1.29 is 14.3 Å². The van der Waals surface area contributed by atoms with Gasteiger partial charge in [-0.1, -0.05) is 57.5 Å². The van der Waals surface area contributed by atoms with Crippen molar-refractivity contribution in [2.45, 2.75) is 52.7 Å². The first-order valence-corrected chi connectivity index (χ1v) is 8.52. The zero-order valence-electron chi connectivity index (χ0n) is 15.2. The molecule has 0 amide bonds. The van der Waals surface area contributed by atoms with Gasteiger partial charge in [0, 0.05) is 6.61 Å². The smallest absolute Gasteiger partial charge is 0.320 e. The molecule has 1 aromatic rings. The van der Waals surface area contributed by atoms with Gasteiger partial charge in [-0.3, -0.25) is 4.79 Å². The lowest BCUT2D eigenvalue weighted by molar-refractivity contribution is -0.158. The monoisotopic (exact) mass is 357 g/mol. The van der Waals surface area contributed by atoms with Gasteiger partial charge in [0.2, 0.25) is 0 Å². The number of halogens is 1. The Hall–Kier alpha value is -1.10. The Morgan fingerprint density at radius 1 is 1.17 bits per heavy atom. The van der Waals surface area contributed by atoms with Crippen LogP contribution in [0.3, 0.4) is 0 Å². The molecule has 1 aromatic carbocycles. The van der Waals surface area contributed by atoms with E-state index in [2.05, 4.69) is 32.9 Å². The average molecular weight is 358 g/mol. The van der Waals surface area contributed by atoms with E-state index in [1.807, 2.05) is 25.1 Å². The minimum absolute atomic E-state index is 0. The largest absolute Gasteiger partial charge is 0.459 e. The standard InChI is InChI=1S/C19H31NO3.ClH/c1-5-17(11-16-9-7-6-8-10-16)19(22-13-14(2)3)15(4)23-18(21)12-20;/h6-10,14-15,17,19H,5,11-13,20H2,1-4H3;1H/t15-,17+,19-;/m0./s1. The van der Waals surface area contributed by atoms with Crippen molar-refractivity contribution in [3.63, 3.8) is 0 Å². The second-order valence-corrected chi connectivity index (χ2v) is 6.45. The Labute approximate surface area is 152 Å². The fourth-order valence-electron chi connectivity index (χ4n) is 2.69. The summed E-state index contributed by atoms with van der Waals surface area (Å²) in [5.74, 6) is 0.339. The van der Waals surface area contributed by atoms with Gasteiger partial charge in [-0.2, -0.15) is 0 Å². The Kier molecular flexibility index (Phi) is 11.7.